The molecule has 0 amide bonds. The van der Waals surface area contributed by atoms with Crippen LogP contribution >= 0.6 is 22.9 Å². The highest BCUT2D eigenvalue weighted by atomic mass is 35.5. The SMILES string of the molecule is CCC(C)CNc1nc2cc(Cl)ccc2s1. The number of thiazole rings is 1. The summed E-state index contributed by atoms with van der Waals surface area (Å²) in [4.78, 5) is 4.50. The molecule has 0 saturated heterocycles. The summed E-state index contributed by atoms with van der Waals surface area (Å²) in [7, 11) is 0. The first-order valence-corrected chi connectivity index (χ1v) is 6.68. The third kappa shape index (κ3) is 2.66. The molecule has 1 atom stereocenters. The second-order valence-corrected chi connectivity index (χ2v) is 5.49. The van der Waals surface area contributed by atoms with Crippen LogP contribution in [0.5, 0.6) is 0 Å². The van der Waals surface area contributed by atoms with Crippen LogP contribution < -0.4 is 5.32 Å². The topological polar surface area (TPSA) is 24.9 Å². The predicted molar refractivity (Wildman–Crippen MR) is 72.6 cm³/mol. The highest BCUT2D eigenvalue weighted by Crippen LogP contribution is 2.28. The van der Waals surface area contributed by atoms with Gasteiger partial charge in [0.25, 0.3) is 0 Å². The molecule has 1 aromatic heterocycles. The second-order valence-electron chi connectivity index (χ2n) is 4.03. The van der Waals surface area contributed by atoms with Crippen LogP contribution in [0.25, 0.3) is 10.2 Å². The van der Waals surface area contributed by atoms with E-state index in [0.717, 1.165) is 22.2 Å². The van der Waals surface area contributed by atoms with E-state index in [-0.39, 0.29) is 0 Å². The van der Waals surface area contributed by atoms with Gasteiger partial charge in [0.05, 0.1) is 10.2 Å². The molecule has 2 nitrogen and oxygen atoms in total. The molecule has 2 aromatic rings. The van der Waals surface area contributed by atoms with E-state index >= 15 is 0 Å². The van der Waals surface area contributed by atoms with Crippen LogP contribution in [0, 0.1) is 5.92 Å². The Labute approximate surface area is 105 Å². The predicted octanol–water partition coefficient (Wildman–Crippen LogP) is 4.41. The normalized spacial score (nSPS) is 12.9. The molecule has 16 heavy (non-hydrogen) atoms. The summed E-state index contributed by atoms with van der Waals surface area (Å²) in [5, 5.41) is 5.09. The summed E-state index contributed by atoms with van der Waals surface area (Å²) in [6, 6.07) is 5.83. The Morgan fingerprint density at radius 1 is 1.50 bits per heavy atom. The van der Waals surface area contributed by atoms with Crippen LogP contribution in [0.3, 0.4) is 0 Å². The molecule has 1 aromatic carbocycles. The summed E-state index contributed by atoms with van der Waals surface area (Å²) in [6.07, 6.45) is 1.18. The van der Waals surface area contributed by atoms with E-state index in [1.807, 2.05) is 18.2 Å². The number of fused-ring (bicyclic) bond motifs is 1. The monoisotopic (exact) mass is 254 g/mol. The number of aromatic nitrogens is 1. The average molecular weight is 255 g/mol. The Kier molecular flexibility index (Phi) is 3.66. The largest absolute Gasteiger partial charge is 0.361 e. The quantitative estimate of drug-likeness (QED) is 0.874. The summed E-state index contributed by atoms with van der Waals surface area (Å²) in [5.74, 6) is 0.676. The van der Waals surface area contributed by atoms with Crippen LogP contribution in [0.2, 0.25) is 5.02 Å². The molecule has 4 heteroatoms. The van der Waals surface area contributed by atoms with E-state index in [2.05, 4.69) is 24.1 Å². The van der Waals surface area contributed by atoms with Gasteiger partial charge in [-0.15, -0.1) is 0 Å². The van der Waals surface area contributed by atoms with Crippen molar-refractivity contribution in [3.63, 3.8) is 0 Å². The summed E-state index contributed by atoms with van der Waals surface area (Å²) >= 11 is 7.60. The molecule has 0 saturated carbocycles. The average Bonchev–Trinajstić information content (AvgIpc) is 2.67. The number of nitrogens with one attached hydrogen (secondary N) is 1. The van der Waals surface area contributed by atoms with Gasteiger partial charge in [0.1, 0.15) is 0 Å². The van der Waals surface area contributed by atoms with E-state index in [1.54, 1.807) is 11.3 Å². The van der Waals surface area contributed by atoms with Gasteiger partial charge in [-0.25, -0.2) is 4.98 Å². The van der Waals surface area contributed by atoms with Gasteiger partial charge in [0.2, 0.25) is 0 Å². The highest BCUT2D eigenvalue weighted by Gasteiger charge is 2.05. The van der Waals surface area contributed by atoms with E-state index in [9.17, 15) is 0 Å². The Balaban J connectivity index is 2.13. The Morgan fingerprint density at radius 2 is 2.31 bits per heavy atom. The first-order chi connectivity index (χ1) is 7.69. The van der Waals surface area contributed by atoms with Crippen molar-refractivity contribution in [3.05, 3.63) is 23.2 Å². The van der Waals surface area contributed by atoms with Gasteiger partial charge in [-0.05, 0) is 24.1 Å². The fourth-order valence-corrected chi connectivity index (χ4v) is 2.40. The summed E-state index contributed by atoms with van der Waals surface area (Å²) in [6.45, 7) is 5.41. The number of hydrogen-bond donors (Lipinski definition) is 1. The van der Waals surface area contributed by atoms with Crippen molar-refractivity contribution in [2.75, 3.05) is 11.9 Å². The molecule has 0 radical (unpaired) electrons. The van der Waals surface area contributed by atoms with Gasteiger partial charge in [0, 0.05) is 11.6 Å². The second kappa shape index (κ2) is 5.02. The van der Waals surface area contributed by atoms with Crippen LogP contribution in [-0.2, 0) is 0 Å². The van der Waals surface area contributed by atoms with E-state index in [1.165, 1.54) is 11.1 Å². The van der Waals surface area contributed by atoms with Gasteiger partial charge in [-0.2, -0.15) is 0 Å². The summed E-state index contributed by atoms with van der Waals surface area (Å²) in [5.41, 5.74) is 0.976. The third-order valence-corrected chi connectivity index (χ3v) is 3.88. The fraction of sp³-hybridized carbons (Fsp3) is 0.417. The molecular formula is C12H15ClN2S. The lowest BCUT2D eigenvalue weighted by Gasteiger charge is -2.07. The minimum Gasteiger partial charge on any atom is -0.361 e. The fourth-order valence-electron chi connectivity index (χ4n) is 1.38. The number of halogens is 1. The van der Waals surface area contributed by atoms with Gasteiger partial charge >= 0.3 is 0 Å². The molecule has 1 N–H and O–H groups in total. The third-order valence-electron chi connectivity index (χ3n) is 2.65. The lowest BCUT2D eigenvalue weighted by atomic mass is 10.1. The zero-order valence-corrected chi connectivity index (χ0v) is 11.0. The van der Waals surface area contributed by atoms with Crippen molar-refractivity contribution in [3.8, 4) is 0 Å². The molecular weight excluding hydrogens is 240 g/mol. The van der Waals surface area contributed by atoms with Crippen molar-refractivity contribution in [2.24, 2.45) is 5.92 Å². The zero-order chi connectivity index (χ0) is 11.5. The van der Waals surface area contributed by atoms with E-state index < -0.39 is 0 Å². The maximum Gasteiger partial charge on any atom is 0.183 e. The number of rotatable bonds is 4. The van der Waals surface area contributed by atoms with Crippen molar-refractivity contribution in [1.82, 2.24) is 4.98 Å². The molecule has 0 fully saturated rings. The summed E-state index contributed by atoms with van der Waals surface area (Å²) < 4.78 is 1.18. The zero-order valence-electron chi connectivity index (χ0n) is 9.46. The van der Waals surface area contributed by atoms with Crippen LogP contribution in [0.1, 0.15) is 20.3 Å². The van der Waals surface area contributed by atoms with Crippen LogP contribution in [0.15, 0.2) is 18.2 Å². The lowest BCUT2D eigenvalue weighted by molar-refractivity contribution is 0.593. The van der Waals surface area contributed by atoms with Crippen LogP contribution in [-0.4, -0.2) is 11.5 Å². The first kappa shape index (κ1) is 11.7. The standard InChI is InChI=1S/C12H15ClN2S/c1-3-8(2)7-14-12-15-10-6-9(13)4-5-11(10)16-12/h4-6,8H,3,7H2,1-2H3,(H,14,15). The minimum atomic E-state index is 0.676. The maximum absolute atomic E-state index is 5.92. The molecule has 0 bridgehead atoms. The minimum absolute atomic E-state index is 0.676. The van der Waals surface area contributed by atoms with E-state index in [4.69, 9.17) is 11.6 Å². The highest BCUT2D eigenvalue weighted by molar-refractivity contribution is 7.22. The van der Waals surface area contributed by atoms with Crippen molar-refractivity contribution < 1.29 is 0 Å². The molecule has 1 heterocycles. The Bertz CT molecular complexity index is 481. The van der Waals surface area contributed by atoms with E-state index in [0.29, 0.717) is 5.92 Å². The maximum atomic E-state index is 5.92. The van der Waals surface area contributed by atoms with Crippen molar-refractivity contribution in [1.29, 1.82) is 0 Å². The first-order valence-electron chi connectivity index (χ1n) is 5.49. The number of hydrogen-bond acceptors (Lipinski definition) is 3. The number of nitrogens with zero attached hydrogens (tertiary/aromatic N) is 1. The molecule has 0 aliphatic carbocycles. The van der Waals surface area contributed by atoms with Gasteiger partial charge in [0.15, 0.2) is 5.13 Å². The number of anilines is 1. The molecule has 0 aliphatic heterocycles. The van der Waals surface area contributed by atoms with Gasteiger partial charge in [-0.1, -0.05) is 43.2 Å². The Morgan fingerprint density at radius 3 is 3.06 bits per heavy atom. The lowest BCUT2D eigenvalue weighted by Crippen LogP contribution is -2.09. The Hall–Kier alpha value is -0.800. The molecule has 1 unspecified atom stereocenters. The molecule has 0 spiro atoms. The molecule has 2 rings (SSSR count). The van der Waals surface area contributed by atoms with Crippen molar-refractivity contribution in [2.45, 2.75) is 20.3 Å². The van der Waals surface area contributed by atoms with Gasteiger partial charge in [-0.3, -0.25) is 0 Å². The van der Waals surface area contributed by atoms with Crippen molar-refractivity contribution >= 4 is 38.3 Å². The van der Waals surface area contributed by atoms with Crippen LogP contribution in [0.4, 0.5) is 5.13 Å². The number of benzene rings is 1. The molecule has 86 valence electrons. The van der Waals surface area contributed by atoms with Gasteiger partial charge < -0.3 is 5.32 Å². The smallest absolute Gasteiger partial charge is 0.183 e. The molecule has 0 aliphatic rings.